The van der Waals surface area contributed by atoms with Crippen molar-refractivity contribution in [2.75, 3.05) is 11.9 Å². The molecule has 0 unspecified atom stereocenters. The lowest BCUT2D eigenvalue weighted by atomic mass is 10.1. The van der Waals surface area contributed by atoms with Crippen molar-refractivity contribution in [1.82, 2.24) is 20.2 Å². The van der Waals surface area contributed by atoms with Crippen LogP contribution in [-0.4, -0.2) is 26.7 Å². The summed E-state index contributed by atoms with van der Waals surface area (Å²) in [6.45, 7) is 9.34. The van der Waals surface area contributed by atoms with Crippen molar-refractivity contribution in [2.24, 2.45) is 0 Å². The molecule has 0 bridgehead atoms. The van der Waals surface area contributed by atoms with Gasteiger partial charge in [0.25, 0.3) is 0 Å². The van der Waals surface area contributed by atoms with Crippen LogP contribution in [0.15, 0.2) is 11.6 Å². The summed E-state index contributed by atoms with van der Waals surface area (Å²) in [5.74, 6) is 2.53. The fourth-order valence-corrected chi connectivity index (χ4v) is 2.26. The summed E-state index contributed by atoms with van der Waals surface area (Å²) in [5, 5.41) is 12.3. The maximum absolute atomic E-state index is 4.62. The molecule has 0 aliphatic heterocycles. The number of nitrogens with zero attached hydrogens (tertiary/aromatic N) is 4. The molecule has 5 nitrogen and oxygen atoms in total. The van der Waals surface area contributed by atoms with Crippen LogP contribution in [0.3, 0.4) is 0 Å². The zero-order valence-corrected chi connectivity index (χ0v) is 13.2. The van der Waals surface area contributed by atoms with Crippen molar-refractivity contribution in [2.45, 2.75) is 46.0 Å². The number of hydrogen-bond acceptors (Lipinski definition) is 6. The Kier molecular flexibility index (Phi) is 5.00. The van der Waals surface area contributed by atoms with E-state index in [0.717, 1.165) is 35.3 Å². The number of aromatic nitrogens is 4. The second kappa shape index (κ2) is 6.74. The minimum absolute atomic E-state index is 0.331. The lowest BCUT2D eigenvalue weighted by Crippen LogP contribution is -2.10. The summed E-state index contributed by atoms with van der Waals surface area (Å²) < 4.78 is 0. The average molecular weight is 291 g/mol. The van der Waals surface area contributed by atoms with Gasteiger partial charge in [-0.3, -0.25) is 0 Å². The highest BCUT2D eigenvalue weighted by molar-refractivity contribution is 7.09. The maximum Gasteiger partial charge on any atom is 0.133 e. The Labute approximate surface area is 123 Å². The molecule has 0 saturated carbocycles. The van der Waals surface area contributed by atoms with Crippen molar-refractivity contribution in [3.8, 4) is 0 Å². The largest absolute Gasteiger partial charge is 0.370 e. The van der Waals surface area contributed by atoms with Gasteiger partial charge in [-0.15, -0.1) is 21.5 Å². The molecule has 0 fully saturated rings. The lowest BCUT2D eigenvalue weighted by Gasteiger charge is -2.13. The third kappa shape index (κ3) is 3.96. The molecule has 0 radical (unpaired) electrons. The first kappa shape index (κ1) is 14.8. The molecule has 0 spiro atoms. The molecule has 0 aromatic carbocycles. The molecule has 2 aromatic rings. The highest BCUT2D eigenvalue weighted by Crippen LogP contribution is 2.19. The van der Waals surface area contributed by atoms with Gasteiger partial charge in [0.1, 0.15) is 22.2 Å². The van der Waals surface area contributed by atoms with E-state index < -0.39 is 0 Å². The Bertz CT molecular complexity index is 510. The summed E-state index contributed by atoms with van der Waals surface area (Å²) in [7, 11) is 0. The van der Waals surface area contributed by atoms with Gasteiger partial charge in [-0.05, 0) is 5.92 Å². The molecular formula is C14H21N5S. The van der Waals surface area contributed by atoms with Crippen LogP contribution in [0.1, 0.15) is 56.1 Å². The first-order valence-electron chi connectivity index (χ1n) is 6.94. The second-order valence-electron chi connectivity index (χ2n) is 5.35. The zero-order chi connectivity index (χ0) is 14.5. The van der Waals surface area contributed by atoms with Crippen LogP contribution >= 0.6 is 11.3 Å². The predicted octanol–water partition coefficient (Wildman–Crippen LogP) is 3.23. The molecule has 0 aliphatic rings. The molecule has 20 heavy (non-hydrogen) atoms. The number of nitrogens with one attached hydrogen (secondary N) is 1. The van der Waals surface area contributed by atoms with Crippen LogP contribution in [-0.2, 0) is 6.42 Å². The van der Waals surface area contributed by atoms with E-state index in [-0.39, 0.29) is 0 Å². The number of anilines is 1. The smallest absolute Gasteiger partial charge is 0.133 e. The molecule has 2 rings (SSSR count). The summed E-state index contributed by atoms with van der Waals surface area (Å²) >= 11 is 1.58. The van der Waals surface area contributed by atoms with Crippen molar-refractivity contribution in [1.29, 1.82) is 0 Å². The van der Waals surface area contributed by atoms with E-state index in [2.05, 4.69) is 53.2 Å². The molecule has 108 valence electrons. The molecular weight excluding hydrogens is 270 g/mol. The number of hydrogen-bond donors (Lipinski definition) is 1. The van der Waals surface area contributed by atoms with Crippen molar-refractivity contribution in [3.63, 3.8) is 0 Å². The molecule has 0 saturated heterocycles. The van der Waals surface area contributed by atoms with Gasteiger partial charge in [-0.1, -0.05) is 27.7 Å². The van der Waals surface area contributed by atoms with Gasteiger partial charge >= 0.3 is 0 Å². The topological polar surface area (TPSA) is 63.6 Å². The summed E-state index contributed by atoms with van der Waals surface area (Å²) in [6.07, 6.45) is 0.864. The van der Waals surface area contributed by atoms with Gasteiger partial charge in [0.05, 0.1) is 0 Å². The standard InChI is InChI=1S/C14H21N5S/c1-9(2)11-7-12(18-14(17-11)10(3)4)15-6-5-13-19-16-8-20-13/h7-10H,5-6H2,1-4H3,(H,15,17,18). The van der Waals surface area contributed by atoms with Crippen LogP contribution in [0.4, 0.5) is 5.82 Å². The van der Waals surface area contributed by atoms with Crippen LogP contribution in [0.5, 0.6) is 0 Å². The molecule has 2 heterocycles. The quantitative estimate of drug-likeness (QED) is 0.885. The predicted molar refractivity (Wildman–Crippen MR) is 82.3 cm³/mol. The van der Waals surface area contributed by atoms with Gasteiger partial charge in [0.15, 0.2) is 0 Å². The van der Waals surface area contributed by atoms with Crippen LogP contribution in [0, 0.1) is 0 Å². The Morgan fingerprint density at radius 1 is 1.15 bits per heavy atom. The fourth-order valence-electron chi connectivity index (χ4n) is 1.73. The van der Waals surface area contributed by atoms with E-state index in [0.29, 0.717) is 11.8 Å². The molecule has 2 aromatic heterocycles. The van der Waals surface area contributed by atoms with E-state index in [9.17, 15) is 0 Å². The Hall–Kier alpha value is -1.56. The van der Waals surface area contributed by atoms with Crippen LogP contribution < -0.4 is 5.32 Å². The third-order valence-electron chi connectivity index (χ3n) is 2.92. The summed E-state index contributed by atoms with van der Waals surface area (Å²) in [5.41, 5.74) is 2.84. The average Bonchev–Trinajstić information content (AvgIpc) is 2.91. The van der Waals surface area contributed by atoms with Gasteiger partial charge in [0.2, 0.25) is 0 Å². The molecule has 0 aliphatic carbocycles. The molecule has 1 N–H and O–H groups in total. The van der Waals surface area contributed by atoms with Gasteiger partial charge in [-0.25, -0.2) is 9.97 Å². The third-order valence-corrected chi connectivity index (χ3v) is 3.68. The summed E-state index contributed by atoms with van der Waals surface area (Å²) in [6, 6.07) is 2.04. The van der Waals surface area contributed by atoms with E-state index in [1.807, 2.05) is 6.07 Å². The molecule has 0 amide bonds. The summed E-state index contributed by atoms with van der Waals surface area (Å²) in [4.78, 5) is 9.20. The Morgan fingerprint density at radius 2 is 1.95 bits per heavy atom. The minimum Gasteiger partial charge on any atom is -0.370 e. The van der Waals surface area contributed by atoms with Gasteiger partial charge < -0.3 is 5.32 Å². The van der Waals surface area contributed by atoms with E-state index in [1.54, 1.807) is 16.8 Å². The second-order valence-corrected chi connectivity index (χ2v) is 6.27. The van der Waals surface area contributed by atoms with Crippen LogP contribution in [0.25, 0.3) is 0 Å². The highest BCUT2D eigenvalue weighted by atomic mass is 32.1. The fraction of sp³-hybridized carbons (Fsp3) is 0.571. The van der Waals surface area contributed by atoms with Crippen molar-refractivity contribution < 1.29 is 0 Å². The first-order chi connectivity index (χ1) is 9.56. The van der Waals surface area contributed by atoms with E-state index in [1.165, 1.54) is 0 Å². The first-order valence-corrected chi connectivity index (χ1v) is 7.82. The van der Waals surface area contributed by atoms with Gasteiger partial charge in [-0.2, -0.15) is 0 Å². The minimum atomic E-state index is 0.331. The lowest BCUT2D eigenvalue weighted by molar-refractivity contribution is 0.730. The maximum atomic E-state index is 4.62. The van der Waals surface area contributed by atoms with E-state index >= 15 is 0 Å². The normalized spacial score (nSPS) is 11.3. The SMILES string of the molecule is CC(C)c1cc(NCCc2nncs2)nc(C(C)C)n1. The van der Waals surface area contributed by atoms with Crippen molar-refractivity contribution in [3.05, 3.63) is 28.1 Å². The van der Waals surface area contributed by atoms with E-state index in [4.69, 9.17) is 0 Å². The van der Waals surface area contributed by atoms with Crippen molar-refractivity contribution >= 4 is 17.2 Å². The monoisotopic (exact) mass is 291 g/mol. The molecule has 0 atom stereocenters. The molecule has 6 heteroatoms. The Balaban J connectivity index is 2.06. The zero-order valence-electron chi connectivity index (χ0n) is 12.4. The number of rotatable bonds is 6. The van der Waals surface area contributed by atoms with Crippen LogP contribution in [0.2, 0.25) is 0 Å². The highest BCUT2D eigenvalue weighted by Gasteiger charge is 2.10. The Morgan fingerprint density at radius 3 is 2.55 bits per heavy atom. The van der Waals surface area contributed by atoms with Gasteiger partial charge in [0, 0.05) is 30.6 Å².